The van der Waals surface area contributed by atoms with Gasteiger partial charge >= 0.3 is 0 Å². The largest absolute Gasteiger partial charge is 0.350 e. The molecule has 28 heavy (non-hydrogen) atoms. The summed E-state index contributed by atoms with van der Waals surface area (Å²) in [5.41, 5.74) is 1.40. The molecule has 2 amide bonds. The van der Waals surface area contributed by atoms with E-state index in [0.717, 1.165) is 10.6 Å². The molecule has 0 fully saturated rings. The zero-order valence-electron chi connectivity index (χ0n) is 17.0. The molecule has 0 atom stereocenters. The summed E-state index contributed by atoms with van der Waals surface area (Å²) in [4.78, 5) is 31.1. The molecule has 150 valence electrons. The fraction of sp³-hybridized carbons (Fsp3) is 0.409. The summed E-state index contributed by atoms with van der Waals surface area (Å²) in [6, 6.07) is 9.75. The van der Waals surface area contributed by atoms with Gasteiger partial charge < -0.3 is 10.2 Å². The van der Waals surface area contributed by atoms with E-state index in [0.29, 0.717) is 37.2 Å². The molecule has 1 aromatic carbocycles. The first kappa shape index (κ1) is 21.8. The molecule has 0 bridgehead atoms. The predicted octanol–water partition coefficient (Wildman–Crippen LogP) is 4.23. The molecule has 0 aliphatic rings. The fourth-order valence-electron chi connectivity index (χ4n) is 2.55. The average Bonchev–Trinajstić information content (AvgIpc) is 3.12. The lowest BCUT2D eigenvalue weighted by Crippen LogP contribution is -2.32. The van der Waals surface area contributed by atoms with Gasteiger partial charge in [0.2, 0.25) is 5.91 Å². The first-order valence-corrected chi connectivity index (χ1v) is 10.5. The molecule has 2 aromatic rings. The highest BCUT2D eigenvalue weighted by molar-refractivity contribution is 7.09. The van der Waals surface area contributed by atoms with Crippen molar-refractivity contribution in [2.24, 2.45) is 11.8 Å². The highest BCUT2D eigenvalue weighted by Gasteiger charge is 2.17. The molecule has 0 spiro atoms. The molecule has 0 radical (unpaired) electrons. The Bertz CT molecular complexity index is 797. The van der Waals surface area contributed by atoms with Gasteiger partial charge in [-0.1, -0.05) is 58.0 Å². The van der Waals surface area contributed by atoms with Gasteiger partial charge in [-0.25, -0.2) is 4.98 Å². The number of carbonyl (C=O) groups excluding carboxylic acids is 2. The van der Waals surface area contributed by atoms with Crippen LogP contribution in [-0.2, 0) is 11.3 Å². The number of nitrogens with one attached hydrogen (secondary N) is 1. The molecule has 1 aromatic heterocycles. The van der Waals surface area contributed by atoms with Crippen molar-refractivity contribution in [3.8, 4) is 0 Å². The van der Waals surface area contributed by atoms with E-state index < -0.39 is 0 Å². The van der Waals surface area contributed by atoms with Gasteiger partial charge in [0.15, 0.2) is 0 Å². The van der Waals surface area contributed by atoms with Gasteiger partial charge in [0, 0.05) is 24.5 Å². The standard InChI is InChI=1S/C22H29N3O2S/c1-16(2)12-23-22(27)19-15-28-20(24-19)14-25(13-17(3)4)21(26)11-10-18-8-6-5-7-9-18/h5-11,15-17H,12-14H2,1-4H3,(H,23,27)/b11-10+. The molecular weight excluding hydrogens is 370 g/mol. The van der Waals surface area contributed by atoms with Crippen LogP contribution in [0.2, 0.25) is 0 Å². The van der Waals surface area contributed by atoms with Crippen LogP contribution in [0.25, 0.3) is 6.08 Å². The van der Waals surface area contributed by atoms with E-state index in [1.54, 1.807) is 16.4 Å². The number of hydrogen-bond acceptors (Lipinski definition) is 4. The summed E-state index contributed by atoms with van der Waals surface area (Å²) in [5.74, 6) is 0.501. The lowest BCUT2D eigenvalue weighted by molar-refractivity contribution is -0.127. The Labute approximate surface area is 171 Å². The summed E-state index contributed by atoms with van der Waals surface area (Å²) in [7, 11) is 0. The van der Waals surface area contributed by atoms with Crippen molar-refractivity contribution in [3.05, 3.63) is 58.1 Å². The summed E-state index contributed by atoms with van der Waals surface area (Å²) in [6.07, 6.45) is 3.42. The first-order chi connectivity index (χ1) is 13.3. The van der Waals surface area contributed by atoms with Crippen molar-refractivity contribution < 1.29 is 9.59 Å². The second kappa shape index (κ2) is 10.8. The molecule has 6 heteroatoms. The van der Waals surface area contributed by atoms with Crippen molar-refractivity contribution in [2.75, 3.05) is 13.1 Å². The van der Waals surface area contributed by atoms with Crippen LogP contribution in [0.5, 0.6) is 0 Å². The van der Waals surface area contributed by atoms with Gasteiger partial charge in [-0.15, -0.1) is 11.3 Å². The van der Waals surface area contributed by atoms with Crippen LogP contribution in [0.15, 0.2) is 41.8 Å². The number of aromatic nitrogens is 1. The number of amides is 2. The van der Waals surface area contributed by atoms with Gasteiger partial charge in [0.25, 0.3) is 5.91 Å². The molecular formula is C22H29N3O2S. The molecule has 5 nitrogen and oxygen atoms in total. The van der Waals surface area contributed by atoms with E-state index in [1.165, 1.54) is 11.3 Å². The summed E-state index contributed by atoms with van der Waals surface area (Å²) < 4.78 is 0. The Morgan fingerprint density at radius 2 is 1.86 bits per heavy atom. The zero-order chi connectivity index (χ0) is 20.5. The first-order valence-electron chi connectivity index (χ1n) is 9.59. The quantitative estimate of drug-likeness (QED) is 0.642. The van der Waals surface area contributed by atoms with Crippen molar-refractivity contribution in [3.63, 3.8) is 0 Å². The molecule has 0 aliphatic carbocycles. The van der Waals surface area contributed by atoms with Crippen LogP contribution in [0.4, 0.5) is 0 Å². The van der Waals surface area contributed by atoms with Crippen LogP contribution in [0.3, 0.4) is 0 Å². The van der Waals surface area contributed by atoms with Crippen molar-refractivity contribution in [1.82, 2.24) is 15.2 Å². The molecule has 0 aliphatic heterocycles. The average molecular weight is 400 g/mol. The Hall–Kier alpha value is -2.47. The van der Waals surface area contributed by atoms with E-state index in [2.05, 4.69) is 24.1 Å². The number of hydrogen-bond donors (Lipinski definition) is 1. The van der Waals surface area contributed by atoms with Gasteiger partial charge in [-0.2, -0.15) is 0 Å². The molecule has 0 saturated heterocycles. The van der Waals surface area contributed by atoms with Crippen molar-refractivity contribution in [1.29, 1.82) is 0 Å². The van der Waals surface area contributed by atoms with Crippen molar-refractivity contribution >= 4 is 29.2 Å². The maximum atomic E-state index is 12.7. The lowest BCUT2D eigenvalue weighted by Gasteiger charge is -2.22. The molecule has 1 N–H and O–H groups in total. The van der Waals surface area contributed by atoms with Crippen LogP contribution < -0.4 is 5.32 Å². The SMILES string of the molecule is CC(C)CNC(=O)c1csc(CN(CC(C)C)C(=O)/C=C/c2ccccc2)n1. The molecule has 2 rings (SSSR count). The van der Waals surface area contributed by atoms with Crippen LogP contribution >= 0.6 is 11.3 Å². The smallest absolute Gasteiger partial charge is 0.270 e. The maximum absolute atomic E-state index is 12.7. The molecule has 1 heterocycles. The summed E-state index contributed by atoms with van der Waals surface area (Å²) in [5, 5.41) is 5.39. The number of nitrogens with zero attached hydrogens (tertiary/aromatic N) is 2. The molecule has 0 saturated carbocycles. The third kappa shape index (κ3) is 7.27. The normalized spacial score (nSPS) is 11.4. The highest BCUT2D eigenvalue weighted by atomic mass is 32.1. The fourth-order valence-corrected chi connectivity index (χ4v) is 3.34. The van der Waals surface area contributed by atoms with Crippen LogP contribution in [0.1, 0.15) is 48.8 Å². The number of benzene rings is 1. The van der Waals surface area contributed by atoms with E-state index in [9.17, 15) is 9.59 Å². The number of thiazole rings is 1. The minimum Gasteiger partial charge on any atom is -0.350 e. The van der Waals surface area contributed by atoms with Gasteiger partial charge in [-0.3, -0.25) is 9.59 Å². The number of carbonyl (C=O) groups is 2. The van der Waals surface area contributed by atoms with Crippen molar-refractivity contribution in [2.45, 2.75) is 34.2 Å². The monoisotopic (exact) mass is 399 g/mol. The van der Waals surface area contributed by atoms with Gasteiger partial charge in [0.1, 0.15) is 10.7 Å². The van der Waals surface area contributed by atoms with E-state index in [4.69, 9.17) is 0 Å². The third-order valence-corrected chi connectivity index (χ3v) is 4.73. The predicted molar refractivity (Wildman–Crippen MR) is 115 cm³/mol. The minimum absolute atomic E-state index is 0.0569. The number of rotatable bonds is 9. The lowest BCUT2D eigenvalue weighted by atomic mass is 10.2. The highest BCUT2D eigenvalue weighted by Crippen LogP contribution is 2.15. The Balaban J connectivity index is 2.04. The zero-order valence-corrected chi connectivity index (χ0v) is 17.8. The van der Waals surface area contributed by atoms with E-state index in [-0.39, 0.29) is 11.8 Å². The Kier molecular flexibility index (Phi) is 8.39. The Morgan fingerprint density at radius 3 is 2.50 bits per heavy atom. The third-order valence-electron chi connectivity index (χ3n) is 3.90. The van der Waals surface area contributed by atoms with Crippen LogP contribution in [-0.4, -0.2) is 34.8 Å². The summed E-state index contributed by atoms with van der Waals surface area (Å²) >= 11 is 1.41. The molecule has 0 unspecified atom stereocenters. The Morgan fingerprint density at radius 1 is 1.14 bits per heavy atom. The van der Waals surface area contributed by atoms with Crippen LogP contribution in [0, 0.1) is 11.8 Å². The second-order valence-corrected chi connectivity index (χ2v) is 8.53. The van der Waals surface area contributed by atoms with E-state index in [1.807, 2.05) is 50.3 Å². The summed E-state index contributed by atoms with van der Waals surface area (Å²) in [6.45, 7) is 9.90. The topological polar surface area (TPSA) is 62.3 Å². The maximum Gasteiger partial charge on any atom is 0.270 e. The van der Waals surface area contributed by atoms with E-state index >= 15 is 0 Å². The van der Waals surface area contributed by atoms with Gasteiger partial charge in [-0.05, 0) is 23.5 Å². The second-order valence-electron chi connectivity index (χ2n) is 7.59. The van der Waals surface area contributed by atoms with Gasteiger partial charge in [0.05, 0.1) is 6.54 Å². The minimum atomic E-state index is -0.165.